The van der Waals surface area contributed by atoms with Gasteiger partial charge in [0.1, 0.15) is 11.6 Å². The predicted octanol–water partition coefficient (Wildman–Crippen LogP) is 3.42. The van der Waals surface area contributed by atoms with Gasteiger partial charge in [0.15, 0.2) is 0 Å². The Kier molecular flexibility index (Phi) is 4.17. The number of methoxy groups -OCH3 is 1. The van der Waals surface area contributed by atoms with Crippen molar-refractivity contribution in [2.75, 3.05) is 7.11 Å². The summed E-state index contributed by atoms with van der Waals surface area (Å²) in [7, 11) is 1.60. The van der Waals surface area contributed by atoms with E-state index in [9.17, 15) is 9.50 Å². The third-order valence-electron chi connectivity index (χ3n) is 3.10. The number of rotatable bonds is 4. The van der Waals surface area contributed by atoms with Gasteiger partial charge in [0.05, 0.1) is 13.2 Å². The van der Waals surface area contributed by atoms with Gasteiger partial charge in [-0.1, -0.05) is 29.8 Å². The van der Waals surface area contributed by atoms with Crippen LogP contribution in [0.4, 0.5) is 4.39 Å². The molecule has 3 heteroatoms. The van der Waals surface area contributed by atoms with Crippen LogP contribution < -0.4 is 4.74 Å². The van der Waals surface area contributed by atoms with Crippen LogP contribution in [0.5, 0.6) is 5.75 Å². The minimum Gasteiger partial charge on any atom is -0.497 e. The minimum atomic E-state index is -0.840. The smallest absolute Gasteiger partial charge is 0.129 e. The van der Waals surface area contributed by atoms with Crippen LogP contribution in [0.25, 0.3) is 0 Å². The molecular weight excluding hydrogens is 243 g/mol. The summed E-state index contributed by atoms with van der Waals surface area (Å²) in [5.74, 6) is 0.395. The van der Waals surface area contributed by atoms with Crippen LogP contribution in [0.1, 0.15) is 22.8 Å². The van der Waals surface area contributed by atoms with Gasteiger partial charge in [0.25, 0.3) is 0 Å². The highest BCUT2D eigenvalue weighted by Gasteiger charge is 2.13. The molecular formula is C16H17FO2. The van der Waals surface area contributed by atoms with Gasteiger partial charge in [-0.05, 0) is 30.7 Å². The van der Waals surface area contributed by atoms with E-state index in [-0.39, 0.29) is 5.82 Å². The Hall–Kier alpha value is -1.87. The van der Waals surface area contributed by atoms with Crippen molar-refractivity contribution in [2.24, 2.45) is 0 Å². The van der Waals surface area contributed by atoms with E-state index in [1.165, 1.54) is 6.07 Å². The van der Waals surface area contributed by atoms with Gasteiger partial charge in [-0.2, -0.15) is 0 Å². The van der Waals surface area contributed by atoms with Crippen molar-refractivity contribution in [3.8, 4) is 5.75 Å². The molecule has 1 unspecified atom stereocenters. The van der Waals surface area contributed by atoms with Crippen LogP contribution in [0.15, 0.2) is 42.5 Å². The van der Waals surface area contributed by atoms with E-state index in [0.717, 1.165) is 16.9 Å². The normalized spacial score (nSPS) is 12.2. The van der Waals surface area contributed by atoms with Gasteiger partial charge in [0, 0.05) is 12.0 Å². The van der Waals surface area contributed by atoms with E-state index in [1.807, 2.05) is 31.2 Å². The summed E-state index contributed by atoms with van der Waals surface area (Å²) >= 11 is 0. The van der Waals surface area contributed by atoms with Crippen LogP contribution in [-0.4, -0.2) is 12.2 Å². The quantitative estimate of drug-likeness (QED) is 0.912. The fourth-order valence-corrected chi connectivity index (χ4v) is 2.01. The van der Waals surface area contributed by atoms with Crippen molar-refractivity contribution in [1.29, 1.82) is 0 Å². The Morgan fingerprint density at radius 1 is 1.16 bits per heavy atom. The van der Waals surface area contributed by atoms with Gasteiger partial charge in [-0.25, -0.2) is 4.39 Å². The lowest BCUT2D eigenvalue weighted by atomic mass is 9.99. The number of ether oxygens (including phenoxy) is 1. The molecule has 100 valence electrons. The van der Waals surface area contributed by atoms with E-state index in [1.54, 1.807) is 19.2 Å². The standard InChI is InChI=1S/C16H17FO2/c1-11-3-8-15(17)14(9-11)16(18)10-12-4-6-13(19-2)7-5-12/h3-9,16,18H,10H2,1-2H3. The third kappa shape index (κ3) is 3.32. The van der Waals surface area contributed by atoms with Crippen molar-refractivity contribution in [3.05, 3.63) is 65.0 Å². The first-order valence-electron chi connectivity index (χ1n) is 6.17. The number of aryl methyl sites for hydroxylation is 1. The summed E-state index contributed by atoms with van der Waals surface area (Å²) in [6.45, 7) is 1.88. The molecule has 19 heavy (non-hydrogen) atoms. The molecule has 0 aliphatic heterocycles. The molecule has 2 aromatic carbocycles. The van der Waals surface area contributed by atoms with E-state index >= 15 is 0 Å². The zero-order valence-electron chi connectivity index (χ0n) is 11.1. The number of benzene rings is 2. The lowest BCUT2D eigenvalue weighted by Crippen LogP contribution is -2.04. The first kappa shape index (κ1) is 13.6. The summed E-state index contributed by atoms with van der Waals surface area (Å²) < 4.78 is 18.7. The van der Waals surface area contributed by atoms with Crippen molar-refractivity contribution in [2.45, 2.75) is 19.4 Å². The summed E-state index contributed by atoms with van der Waals surface area (Å²) in [6, 6.07) is 12.2. The van der Waals surface area contributed by atoms with Gasteiger partial charge in [-0.15, -0.1) is 0 Å². The molecule has 0 heterocycles. The van der Waals surface area contributed by atoms with Crippen molar-refractivity contribution in [3.63, 3.8) is 0 Å². The first-order valence-corrected chi connectivity index (χ1v) is 6.17. The lowest BCUT2D eigenvalue weighted by molar-refractivity contribution is 0.173. The first-order chi connectivity index (χ1) is 9.10. The molecule has 0 fully saturated rings. The average Bonchev–Trinajstić information content (AvgIpc) is 2.42. The van der Waals surface area contributed by atoms with Crippen LogP contribution in [-0.2, 0) is 6.42 Å². The monoisotopic (exact) mass is 260 g/mol. The average molecular weight is 260 g/mol. The fourth-order valence-electron chi connectivity index (χ4n) is 2.01. The second kappa shape index (κ2) is 5.85. The Morgan fingerprint density at radius 2 is 1.84 bits per heavy atom. The largest absolute Gasteiger partial charge is 0.497 e. The summed E-state index contributed by atoms with van der Waals surface area (Å²) in [4.78, 5) is 0. The van der Waals surface area contributed by atoms with Gasteiger partial charge < -0.3 is 9.84 Å². The van der Waals surface area contributed by atoms with E-state index in [4.69, 9.17) is 4.74 Å². The van der Waals surface area contributed by atoms with E-state index < -0.39 is 6.10 Å². The van der Waals surface area contributed by atoms with Crippen LogP contribution in [0.3, 0.4) is 0 Å². The maximum atomic E-state index is 13.7. The third-order valence-corrected chi connectivity index (χ3v) is 3.10. The van der Waals surface area contributed by atoms with Gasteiger partial charge >= 0.3 is 0 Å². The Morgan fingerprint density at radius 3 is 2.47 bits per heavy atom. The van der Waals surface area contributed by atoms with Crippen LogP contribution in [0.2, 0.25) is 0 Å². The van der Waals surface area contributed by atoms with Gasteiger partial charge in [-0.3, -0.25) is 0 Å². The molecule has 0 spiro atoms. The number of hydrogen-bond acceptors (Lipinski definition) is 2. The van der Waals surface area contributed by atoms with Crippen molar-refractivity contribution < 1.29 is 14.2 Å². The van der Waals surface area contributed by atoms with E-state index in [0.29, 0.717) is 12.0 Å². The predicted molar refractivity (Wildman–Crippen MR) is 72.8 cm³/mol. The SMILES string of the molecule is COc1ccc(CC(O)c2cc(C)ccc2F)cc1. The molecule has 0 aliphatic carbocycles. The molecule has 1 atom stereocenters. The van der Waals surface area contributed by atoms with E-state index in [2.05, 4.69) is 0 Å². The summed E-state index contributed by atoms with van der Waals surface area (Å²) in [6.07, 6.45) is -0.460. The number of aliphatic hydroxyl groups is 1. The zero-order chi connectivity index (χ0) is 13.8. The zero-order valence-corrected chi connectivity index (χ0v) is 11.1. The molecule has 0 aromatic heterocycles. The topological polar surface area (TPSA) is 29.5 Å². The Bertz CT molecular complexity index is 549. The molecule has 2 rings (SSSR count). The molecule has 2 aromatic rings. The molecule has 0 saturated heterocycles. The second-order valence-corrected chi connectivity index (χ2v) is 4.59. The number of aliphatic hydroxyl groups excluding tert-OH is 1. The highest BCUT2D eigenvalue weighted by atomic mass is 19.1. The van der Waals surface area contributed by atoms with Gasteiger partial charge in [0.2, 0.25) is 0 Å². The molecule has 0 aliphatic rings. The maximum Gasteiger partial charge on any atom is 0.129 e. The molecule has 1 N–H and O–H groups in total. The van der Waals surface area contributed by atoms with Crippen LogP contribution in [0, 0.1) is 12.7 Å². The van der Waals surface area contributed by atoms with Crippen LogP contribution >= 0.6 is 0 Å². The number of hydrogen-bond donors (Lipinski definition) is 1. The van der Waals surface area contributed by atoms with Crippen molar-refractivity contribution in [1.82, 2.24) is 0 Å². The molecule has 0 saturated carbocycles. The number of halogens is 1. The lowest BCUT2D eigenvalue weighted by Gasteiger charge is -2.13. The van der Waals surface area contributed by atoms with Crippen molar-refractivity contribution >= 4 is 0 Å². The summed E-state index contributed by atoms with van der Waals surface area (Å²) in [5.41, 5.74) is 2.22. The Labute approximate surface area is 112 Å². The Balaban J connectivity index is 2.15. The minimum absolute atomic E-state index is 0.343. The molecule has 0 radical (unpaired) electrons. The second-order valence-electron chi connectivity index (χ2n) is 4.59. The fraction of sp³-hybridized carbons (Fsp3) is 0.250. The summed E-state index contributed by atoms with van der Waals surface area (Å²) in [5, 5.41) is 10.1. The molecule has 0 amide bonds. The maximum absolute atomic E-state index is 13.7. The molecule has 0 bridgehead atoms. The highest BCUT2D eigenvalue weighted by Crippen LogP contribution is 2.23. The molecule has 2 nitrogen and oxygen atoms in total. The highest BCUT2D eigenvalue weighted by molar-refractivity contribution is 5.30.